The van der Waals surface area contributed by atoms with E-state index in [1.54, 1.807) is 30.3 Å². The molecule has 9 heteroatoms. The van der Waals surface area contributed by atoms with E-state index in [0.717, 1.165) is 4.31 Å². The van der Waals surface area contributed by atoms with Crippen LogP contribution in [-0.4, -0.2) is 52.5 Å². The summed E-state index contributed by atoms with van der Waals surface area (Å²) in [6.45, 7) is 5.51. The second kappa shape index (κ2) is 10.7. The van der Waals surface area contributed by atoms with E-state index in [1.807, 2.05) is 6.92 Å². The number of sulfonamides is 1. The van der Waals surface area contributed by atoms with Crippen molar-refractivity contribution in [2.75, 3.05) is 39.2 Å². The maximum Gasteiger partial charge on any atom is 0.243 e. The first-order chi connectivity index (χ1) is 14.3. The lowest BCUT2D eigenvalue weighted by Crippen LogP contribution is -2.38. The van der Waals surface area contributed by atoms with Crippen LogP contribution in [0, 0.1) is 0 Å². The Hall–Kier alpha value is -3.04. The quantitative estimate of drug-likeness (QED) is 0.547. The number of carbonyl (C=O) groups excluding carboxylic acids is 1. The number of carbonyl (C=O) groups is 1. The zero-order valence-electron chi connectivity index (χ0n) is 17.3. The lowest BCUT2D eigenvalue weighted by molar-refractivity contribution is -0.116. The summed E-state index contributed by atoms with van der Waals surface area (Å²) >= 11 is 0. The van der Waals surface area contributed by atoms with E-state index >= 15 is 0 Å². The number of nitrogens with zero attached hydrogens (tertiary/aromatic N) is 1. The van der Waals surface area contributed by atoms with Crippen molar-refractivity contribution in [1.29, 1.82) is 0 Å². The minimum absolute atomic E-state index is 0.0189. The van der Waals surface area contributed by atoms with Crippen molar-refractivity contribution in [3.8, 4) is 17.2 Å². The SMILES string of the molecule is C=CCN(CC(=O)Nc1ccc(OC)c(OC)c1)S(=O)(=O)c1ccc(OCC)cc1. The van der Waals surface area contributed by atoms with Crippen LogP contribution < -0.4 is 19.5 Å². The van der Waals surface area contributed by atoms with Gasteiger partial charge in [-0.05, 0) is 43.3 Å². The number of benzene rings is 2. The standard InChI is InChI=1S/C21H26N2O6S/c1-5-13-23(30(25,26)18-10-8-17(9-11-18)29-6-2)15-21(24)22-16-7-12-19(27-3)20(14-16)28-4/h5,7-12,14H,1,6,13,15H2,2-4H3,(H,22,24). The van der Waals surface area contributed by atoms with E-state index in [-0.39, 0.29) is 18.0 Å². The Bertz CT molecular complexity index is 973. The molecule has 0 saturated carbocycles. The highest BCUT2D eigenvalue weighted by Crippen LogP contribution is 2.29. The van der Waals surface area contributed by atoms with Gasteiger partial charge in [-0.15, -0.1) is 6.58 Å². The van der Waals surface area contributed by atoms with Crippen LogP contribution in [0.25, 0.3) is 0 Å². The molecule has 0 heterocycles. The Morgan fingerprint density at radius 3 is 2.33 bits per heavy atom. The van der Waals surface area contributed by atoms with Gasteiger partial charge in [0.15, 0.2) is 11.5 Å². The zero-order chi connectivity index (χ0) is 22.1. The lowest BCUT2D eigenvalue weighted by Gasteiger charge is -2.20. The summed E-state index contributed by atoms with van der Waals surface area (Å²) in [5.41, 5.74) is 0.453. The molecule has 0 aliphatic carbocycles. The monoisotopic (exact) mass is 434 g/mol. The minimum Gasteiger partial charge on any atom is -0.494 e. The van der Waals surface area contributed by atoms with Crippen molar-refractivity contribution in [3.05, 3.63) is 55.1 Å². The van der Waals surface area contributed by atoms with Gasteiger partial charge in [0.25, 0.3) is 0 Å². The van der Waals surface area contributed by atoms with E-state index in [1.165, 1.54) is 32.4 Å². The maximum atomic E-state index is 13.0. The molecule has 1 amide bonds. The predicted molar refractivity (Wildman–Crippen MR) is 115 cm³/mol. The molecular weight excluding hydrogens is 408 g/mol. The van der Waals surface area contributed by atoms with Gasteiger partial charge in [-0.3, -0.25) is 4.79 Å². The molecule has 2 aromatic rings. The normalized spacial score (nSPS) is 11.1. The molecule has 2 rings (SSSR count). The van der Waals surface area contributed by atoms with Crippen molar-refractivity contribution in [1.82, 2.24) is 4.31 Å². The molecule has 0 fully saturated rings. The number of nitrogens with one attached hydrogen (secondary N) is 1. The van der Waals surface area contributed by atoms with Crippen molar-refractivity contribution in [2.24, 2.45) is 0 Å². The summed E-state index contributed by atoms with van der Waals surface area (Å²) in [5.74, 6) is 1.03. The van der Waals surface area contributed by atoms with E-state index in [9.17, 15) is 13.2 Å². The summed E-state index contributed by atoms with van der Waals surface area (Å²) in [7, 11) is -0.911. The fourth-order valence-corrected chi connectivity index (χ4v) is 4.06. The van der Waals surface area contributed by atoms with Crippen LogP contribution in [0.1, 0.15) is 6.92 Å². The van der Waals surface area contributed by atoms with Crippen LogP contribution in [0.4, 0.5) is 5.69 Å². The van der Waals surface area contributed by atoms with Crippen LogP contribution >= 0.6 is 0 Å². The Kier molecular flexibility index (Phi) is 8.25. The average Bonchev–Trinajstić information content (AvgIpc) is 2.74. The molecule has 1 N–H and O–H groups in total. The maximum absolute atomic E-state index is 13.0. The van der Waals surface area contributed by atoms with Crippen molar-refractivity contribution < 1.29 is 27.4 Å². The molecule has 8 nitrogen and oxygen atoms in total. The molecule has 30 heavy (non-hydrogen) atoms. The van der Waals surface area contributed by atoms with E-state index in [2.05, 4.69) is 11.9 Å². The Labute approximate surface area is 177 Å². The van der Waals surface area contributed by atoms with E-state index in [4.69, 9.17) is 14.2 Å². The smallest absolute Gasteiger partial charge is 0.243 e. The largest absolute Gasteiger partial charge is 0.494 e. The van der Waals surface area contributed by atoms with E-state index < -0.39 is 15.9 Å². The fraction of sp³-hybridized carbons (Fsp3) is 0.286. The zero-order valence-corrected chi connectivity index (χ0v) is 18.1. The van der Waals surface area contributed by atoms with Gasteiger partial charge in [0, 0.05) is 18.3 Å². The molecular formula is C21H26N2O6S. The van der Waals surface area contributed by atoms with Gasteiger partial charge < -0.3 is 19.5 Å². The van der Waals surface area contributed by atoms with Gasteiger partial charge in [0.1, 0.15) is 5.75 Å². The number of amides is 1. The third-order valence-corrected chi connectivity index (χ3v) is 5.92. The minimum atomic E-state index is -3.90. The first kappa shape index (κ1) is 23.2. The molecule has 0 spiro atoms. The van der Waals surface area contributed by atoms with Crippen LogP contribution in [0.5, 0.6) is 17.2 Å². The fourth-order valence-electron chi connectivity index (χ4n) is 2.69. The van der Waals surface area contributed by atoms with Gasteiger partial charge in [-0.2, -0.15) is 4.31 Å². The Balaban J connectivity index is 2.17. The lowest BCUT2D eigenvalue weighted by atomic mass is 10.2. The molecule has 0 aliphatic heterocycles. The molecule has 0 aromatic heterocycles. The molecule has 162 valence electrons. The third kappa shape index (κ3) is 5.74. The molecule has 0 aliphatic rings. The van der Waals surface area contributed by atoms with Gasteiger partial charge in [-0.25, -0.2) is 8.42 Å². The molecule has 0 unspecified atom stereocenters. The van der Waals surface area contributed by atoms with Crippen LogP contribution in [0.15, 0.2) is 60.0 Å². The van der Waals surface area contributed by atoms with Crippen molar-refractivity contribution in [2.45, 2.75) is 11.8 Å². The van der Waals surface area contributed by atoms with Crippen molar-refractivity contribution >= 4 is 21.6 Å². The molecule has 2 aromatic carbocycles. The number of hydrogen-bond donors (Lipinski definition) is 1. The van der Waals surface area contributed by atoms with Gasteiger partial charge in [-0.1, -0.05) is 6.08 Å². The number of methoxy groups -OCH3 is 2. The van der Waals surface area contributed by atoms with Crippen LogP contribution in [0.2, 0.25) is 0 Å². The number of anilines is 1. The highest BCUT2D eigenvalue weighted by atomic mass is 32.2. The molecule has 0 saturated heterocycles. The summed E-state index contributed by atoms with van der Waals surface area (Å²) in [6, 6.07) is 10.9. The first-order valence-corrected chi connectivity index (χ1v) is 10.7. The molecule has 0 bridgehead atoms. The van der Waals surface area contributed by atoms with Gasteiger partial charge in [0.2, 0.25) is 15.9 Å². The first-order valence-electron chi connectivity index (χ1n) is 9.21. The summed E-state index contributed by atoms with van der Waals surface area (Å²) in [6.07, 6.45) is 1.43. The molecule has 0 atom stereocenters. The highest BCUT2D eigenvalue weighted by Gasteiger charge is 2.26. The van der Waals surface area contributed by atoms with Gasteiger partial charge >= 0.3 is 0 Å². The van der Waals surface area contributed by atoms with Gasteiger partial charge in [0.05, 0.1) is 32.3 Å². The van der Waals surface area contributed by atoms with Crippen LogP contribution in [0.3, 0.4) is 0 Å². The summed E-state index contributed by atoms with van der Waals surface area (Å²) in [5, 5.41) is 2.67. The number of ether oxygens (including phenoxy) is 3. The number of rotatable bonds is 11. The number of hydrogen-bond acceptors (Lipinski definition) is 6. The second-order valence-corrected chi connectivity index (χ2v) is 8.05. The Morgan fingerprint density at radius 1 is 1.10 bits per heavy atom. The van der Waals surface area contributed by atoms with E-state index in [0.29, 0.717) is 29.5 Å². The van der Waals surface area contributed by atoms with Crippen molar-refractivity contribution in [3.63, 3.8) is 0 Å². The Morgan fingerprint density at radius 2 is 1.77 bits per heavy atom. The summed E-state index contributed by atoms with van der Waals surface area (Å²) in [4.78, 5) is 12.6. The summed E-state index contributed by atoms with van der Waals surface area (Å²) < 4.78 is 42.7. The molecule has 0 radical (unpaired) electrons. The second-order valence-electron chi connectivity index (χ2n) is 6.11. The average molecular weight is 435 g/mol. The highest BCUT2D eigenvalue weighted by molar-refractivity contribution is 7.89. The third-order valence-electron chi connectivity index (χ3n) is 4.09. The van der Waals surface area contributed by atoms with Crippen LogP contribution in [-0.2, 0) is 14.8 Å². The predicted octanol–water partition coefficient (Wildman–Crippen LogP) is 2.92. The topological polar surface area (TPSA) is 94.2 Å².